The van der Waals surface area contributed by atoms with Gasteiger partial charge in [-0.2, -0.15) is 0 Å². The fraction of sp³-hybridized carbons (Fsp3) is 0.417. The van der Waals surface area contributed by atoms with E-state index in [0.717, 1.165) is 18.4 Å². The molecule has 16 heavy (non-hydrogen) atoms. The lowest BCUT2D eigenvalue weighted by atomic mass is 9.94. The summed E-state index contributed by atoms with van der Waals surface area (Å²) in [6.07, 6.45) is 2.48. The van der Waals surface area contributed by atoms with E-state index in [1.165, 1.54) is 0 Å². The quantitative estimate of drug-likeness (QED) is 0.822. The second kappa shape index (κ2) is 5.07. The van der Waals surface area contributed by atoms with Crippen LogP contribution in [0.2, 0.25) is 10.0 Å². The van der Waals surface area contributed by atoms with Crippen molar-refractivity contribution in [1.82, 2.24) is 5.32 Å². The van der Waals surface area contributed by atoms with Gasteiger partial charge in [0.25, 0.3) is 0 Å². The van der Waals surface area contributed by atoms with E-state index < -0.39 is 0 Å². The summed E-state index contributed by atoms with van der Waals surface area (Å²) in [5.74, 6) is 0.401. The Hall–Kier alpha value is -0.730. The Labute approximate surface area is 105 Å². The van der Waals surface area contributed by atoms with Gasteiger partial charge in [0.1, 0.15) is 0 Å². The zero-order valence-corrected chi connectivity index (χ0v) is 10.3. The van der Waals surface area contributed by atoms with Crippen molar-refractivity contribution in [2.75, 3.05) is 6.54 Å². The van der Waals surface area contributed by atoms with E-state index in [2.05, 4.69) is 5.32 Å². The van der Waals surface area contributed by atoms with Gasteiger partial charge in [0.15, 0.2) is 0 Å². The molecule has 0 saturated carbocycles. The fourth-order valence-corrected chi connectivity index (χ4v) is 2.50. The number of halogens is 2. The summed E-state index contributed by atoms with van der Waals surface area (Å²) in [6.45, 7) is 0.652. The summed E-state index contributed by atoms with van der Waals surface area (Å²) in [5, 5.41) is 4.09. The first-order valence-electron chi connectivity index (χ1n) is 5.39. The number of carbonyl (C=O) groups excluding carboxylic acids is 1. The third-order valence-corrected chi connectivity index (χ3v) is 3.76. The number of hydrogen-bond acceptors (Lipinski definition) is 1. The number of amides is 1. The fourth-order valence-electron chi connectivity index (χ4n) is 2.04. The molecule has 1 amide bonds. The Morgan fingerprint density at radius 1 is 1.31 bits per heavy atom. The summed E-state index contributed by atoms with van der Waals surface area (Å²) in [5.41, 5.74) is 1.04. The molecular formula is C12H13Cl2NO. The van der Waals surface area contributed by atoms with Gasteiger partial charge in [-0.05, 0) is 24.5 Å². The SMILES string of the molecule is O=C1CCCC(c2cccc(Cl)c2Cl)CN1. The van der Waals surface area contributed by atoms with E-state index in [1.54, 1.807) is 6.07 Å². The zero-order valence-electron chi connectivity index (χ0n) is 8.80. The van der Waals surface area contributed by atoms with Crippen LogP contribution in [0.1, 0.15) is 30.7 Å². The summed E-state index contributed by atoms with van der Waals surface area (Å²) < 4.78 is 0. The van der Waals surface area contributed by atoms with Gasteiger partial charge in [0.05, 0.1) is 10.0 Å². The first-order valence-corrected chi connectivity index (χ1v) is 6.14. The van der Waals surface area contributed by atoms with Gasteiger partial charge in [0.2, 0.25) is 5.91 Å². The van der Waals surface area contributed by atoms with Crippen LogP contribution in [-0.2, 0) is 4.79 Å². The van der Waals surface area contributed by atoms with E-state index in [0.29, 0.717) is 23.0 Å². The van der Waals surface area contributed by atoms with Crippen LogP contribution in [0.4, 0.5) is 0 Å². The second-order valence-electron chi connectivity index (χ2n) is 4.04. The molecular weight excluding hydrogens is 245 g/mol. The van der Waals surface area contributed by atoms with Gasteiger partial charge in [-0.1, -0.05) is 35.3 Å². The van der Waals surface area contributed by atoms with Crippen molar-refractivity contribution < 1.29 is 4.79 Å². The summed E-state index contributed by atoms with van der Waals surface area (Å²) in [4.78, 5) is 11.2. The number of carbonyl (C=O) groups is 1. The first kappa shape index (κ1) is 11.7. The minimum Gasteiger partial charge on any atom is -0.355 e. The van der Waals surface area contributed by atoms with E-state index in [4.69, 9.17) is 23.2 Å². The molecule has 86 valence electrons. The molecule has 0 spiro atoms. The molecule has 2 rings (SSSR count). The molecule has 1 N–H and O–H groups in total. The third-order valence-electron chi connectivity index (χ3n) is 2.92. The van der Waals surface area contributed by atoms with Crippen LogP contribution < -0.4 is 5.32 Å². The Balaban J connectivity index is 2.23. The van der Waals surface area contributed by atoms with Gasteiger partial charge in [0, 0.05) is 18.9 Å². The molecule has 1 fully saturated rings. The molecule has 4 heteroatoms. The Bertz CT molecular complexity index is 406. The highest BCUT2D eigenvalue weighted by Crippen LogP contribution is 2.33. The molecule has 1 heterocycles. The highest BCUT2D eigenvalue weighted by molar-refractivity contribution is 6.42. The lowest BCUT2D eigenvalue weighted by molar-refractivity contribution is -0.120. The van der Waals surface area contributed by atoms with Crippen molar-refractivity contribution in [2.45, 2.75) is 25.2 Å². The molecule has 2 nitrogen and oxygen atoms in total. The van der Waals surface area contributed by atoms with E-state index in [-0.39, 0.29) is 11.8 Å². The van der Waals surface area contributed by atoms with E-state index in [1.807, 2.05) is 12.1 Å². The Kier molecular flexibility index (Phi) is 3.72. The molecule has 1 aliphatic rings. The topological polar surface area (TPSA) is 29.1 Å². The molecule has 0 bridgehead atoms. The summed E-state index contributed by atoms with van der Waals surface area (Å²) in [7, 11) is 0. The Morgan fingerprint density at radius 2 is 2.12 bits per heavy atom. The van der Waals surface area contributed by atoms with Gasteiger partial charge in [-0.3, -0.25) is 4.79 Å². The van der Waals surface area contributed by atoms with Crippen LogP contribution in [-0.4, -0.2) is 12.5 Å². The minimum atomic E-state index is 0.126. The van der Waals surface area contributed by atoms with Crippen molar-refractivity contribution in [1.29, 1.82) is 0 Å². The molecule has 1 aromatic rings. The zero-order chi connectivity index (χ0) is 11.5. The van der Waals surface area contributed by atoms with Gasteiger partial charge in [-0.15, -0.1) is 0 Å². The molecule has 1 unspecified atom stereocenters. The third kappa shape index (κ3) is 2.50. The Morgan fingerprint density at radius 3 is 2.94 bits per heavy atom. The lowest BCUT2D eigenvalue weighted by Gasteiger charge is -2.16. The van der Waals surface area contributed by atoms with Gasteiger partial charge >= 0.3 is 0 Å². The largest absolute Gasteiger partial charge is 0.355 e. The maximum absolute atomic E-state index is 11.2. The van der Waals surface area contributed by atoms with Crippen LogP contribution in [0.5, 0.6) is 0 Å². The normalized spacial score (nSPS) is 21.4. The standard InChI is InChI=1S/C12H13Cl2NO/c13-10-5-2-4-9(12(10)14)8-3-1-6-11(16)15-7-8/h2,4-5,8H,1,3,6-7H2,(H,15,16). The number of nitrogens with one attached hydrogen (secondary N) is 1. The van der Waals surface area contributed by atoms with Crippen molar-refractivity contribution in [3.63, 3.8) is 0 Å². The maximum atomic E-state index is 11.2. The van der Waals surface area contributed by atoms with Gasteiger partial charge in [-0.25, -0.2) is 0 Å². The molecule has 1 saturated heterocycles. The molecule has 0 radical (unpaired) electrons. The van der Waals surface area contributed by atoms with Gasteiger partial charge < -0.3 is 5.32 Å². The minimum absolute atomic E-state index is 0.126. The molecule has 1 atom stereocenters. The van der Waals surface area contributed by atoms with Crippen LogP contribution in [0.25, 0.3) is 0 Å². The second-order valence-corrected chi connectivity index (χ2v) is 4.82. The van der Waals surface area contributed by atoms with Crippen LogP contribution in [0, 0.1) is 0 Å². The van der Waals surface area contributed by atoms with E-state index >= 15 is 0 Å². The van der Waals surface area contributed by atoms with E-state index in [9.17, 15) is 4.79 Å². The predicted molar refractivity (Wildman–Crippen MR) is 66.1 cm³/mol. The highest BCUT2D eigenvalue weighted by atomic mass is 35.5. The molecule has 1 aliphatic heterocycles. The van der Waals surface area contributed by atoms with Crippen molar-refractivity contribution >= 4 is 29.1 Å². The highest BCUT2D eigenvalue weighted by Gasteiger charge is 2.20. The van der Waals surface area contributed by atoms with Crippen molar-refractivity contribution in [3.05, 3.63) is 33.8 Å². The monoisotopic (exact) mass is 257 g/mol. The number of rotatable bonds is 1. The summed E-state index contributed by atoms with van der Waals surface area (Å²) in [6, 6.07) is 5.66. The number of hydrogen-bond donors (Lipinski definition) is 1. The lowest BCUT2D eigenvalue weighted by Crippen LogP contribution is -2.25. The van der Waals surface area contributed by atoms with Crippen LogP contribution >= 0.6 is 23.2 Å². The van der Waals surface area contributed by atoms with Crippen LogP contribution in [0.3, 0.4) is 0 Å². The molecule has 0 aromatic heterocycles. The van der Waals surface area contributed by atoms with Crippen molar-refractivity contribution in [2.24, 2.45) is 0 Å². The average Bonchev–Trinajstić information content (AvgIpc) is 2.47. The maximum Gasteiger partial charge on any atom is 0.220 e. The summed E-state index contributed by atoms with van der Waals surface area (Å²) >= 11 is 12.2. The molecule has 1 aromatic carbocycles. The van der Waals surface area contributed by atoms with Crippen molar-refractivity contribution in [3.8, 4) is 0 Å². The number of benzene rings is 1. The smallest absolute Gasteiger partial charge is 0.220 e. The van der Waals surface area contributed by atoms with Crippen LogP contribution in [0.15, 0.2) is 18.2 Å². The predicted octanol–water partition coefficient (Wildman–Crippen LogP) is 3.38. The molecule has 0 aliphatic carbocycles. The average molecular weight is 258 g/mol. The first-order chi connectivity index (χ1) is 7.68.